The number of hydrogen-bond donors (Lipinski definition) is 1. The number of aromatic nitrogens is 3. The van der Waals surface area contributed by atoms with Crippen LogP contribution in [0.4, 0.5) is 0 Å². The molecule has 0 fully saturated rings. The van der Waals surface area contributed by atoms with Crippen molar-refractivity contribution in [3.05, 3.63) is 64.9 Å². The van der Waals surface area contributed by atoms with Gasteiger partial charge >= 0.3 is 0 Å². The molecular formula is C20H22N4O3S. The third-order valence-electron chi connectivity index (χ3n) is 4.30. The Morgan fingerprint density at radius 1 is 1.21 bits per heavy atom. The van der Waals surface area contributed by atoms with Crippen LogP contribution in [0.1, 0.15) is 39.5 Å². The second-order valence-corrected chi connectivity index (χ2v) is 7.50. The Morgan fingerprint density at radius 2 is 2.04 bits per heavy atom. The highest BCUT2D eigenvalue weighted by Gasteiger charge is 2.17. The first-order valence-electron chi connectivity index (χ1n) is 8.90. The quantitative estimate of drug-likeness (QED) is 0.439. The third kappa shape index (κ3) is 4.89. The maximum absolute atomic E-state index is 12.6. The highest BCUT2D eigenvalue weighted by Crippen LogP contribution is 2.22. The molecule has 7 nitrogen and oxygen atoms in total. The normalized spacial score (nSPS) is 10.9. The van der Waals surface area contributed by atoms with Crippen molar-refractivity contribution in [1.82, 2.24) is 14.8 Å². The Morgan fingerprint density at radius 3 is 2.71 bits per heavy atom. The van der Waals surface area contributed by atoms with Crippen molar-refractivity contribution >= 4 is 23.5 Å². The van der Waals surface area contributed by atoms with Crippen molar-refractivity contribution in [1.29, 1.82) is 0 Å². The van der Waals surface area contributed by atoms with E-state index in [2.05, 4.69) is 10.2 Å². The number of amides is 1. The maximum Gasteiger partial charge on any atom is 0.217 e. The number of ketones is 1. The van der Waals surface area contributed by atoms with Gasteiger partial charge in [-0.25, -0.2) is 0 Å². The van der Waals surface area contributed by atoms with Crippen LogP contribution in [0.3, 0.4) is 0 Å². The summed E-state index contributed by atoms with van der Waals surface area (Å²) in [6.07, 6.45) is 2.16. The molecule has 1 aromatic carbocycles. The minimum Gasteiger partial charge on any atom is -0.467 e. The number of furan rings is 1. The smallest absolute Gasteiger partial charge is 0.217 e. The Labute approximate surface area is 167 Å². The van der Waals surface area contributed by atoms with E-state index < -0.39 is 5.91 Å². The van der Waals surface area contributed by atoms with Crippen LogP contribution in [0.25, 0.3) is 0 Å². The van der Waals surface area contributed by atoms with Gasteiger partial charge in [-0.15, -0.1) is 10.2 Å². The fourth-order valence-corrected chi connectivity index (χ4v) is 3.74. The summed E-state index contributed by atoms with van der Waals surface area (Å²) in [5, 5.41) is 8.99. The summed E-state index contributed by atoms with van der Waals surface area (Å²) in [6.45, 7) is 4.36. The van der Waals surface area contributed by atoms with Gasteiger partial charge in [0.1, 0.15) is 11.6 Å². The molecule has 0 bridgehead atoms. The standard InChI is InChI=1S/C20H22N4O3S/c1-13-5-6-16(14(2)10-13)17(25)12-28-20-23-22-19(8-7-18(21)26)24(20)11-15-4-3-9-27-15/h3-6,9-10H,7-8,11-12H2,1-2H3,(H2,21,26). The van der Waals surface area contributed by atoms with Crippen LogP contribution in [0.5, 0.6) is 0 Å². The third-order valence-corrected chi connectivity index (χ3v) is 5.26. The molecule has 3 rings (SSSR count). The zero-order valence-corrected chi connectivity index (χ0v) is 16.7. The minimum atomic E-state index is -0.397. The Balaban J connectivity index is 1.76. The fourth-order valence-electron chi connectivity index (χ4n) is 2.90. The first-order valence-corrected chi connectivity index (χ1v) is 9.88. The molecule has 146 valence electrons. The lowest BCUT2D eigenvalue weighted by atomic mass is 10.0. The van der Waals surface area contributed by atoms with E-state index in [1.54, 1.807) is 12.3 Å². The number of primary amides is 1. The number of rotatable bonds is 9. The van der Waals surface area contributed by atoms with Gasteiger partial charge in [-0.05, 0) is 31.5 Å². The van der Waals surface area contributed by atoms with Gasteiger partial charge in [-0.1, -0.05) is 35.5 Å². The molecule has 3 aromatic rings. The highest BCUT2D eigenvalue weighted by atomic mass is 32.2. The molecule has 0 aliphatic carbocycles. The Hall–Kier alpha value is -2.87. The van der Waals surface area contributed by atoms with Crippen LogP contribution in [-0.2, 0) is 17.8 Å². The lowest BCUT2D eigenvalue weighted by Crippen LogP contribution is -2.14. The van der Waals surface area contributed by atoms with Gasteiger partial charge in [0.25, 0.3) is 0 Å². The van der Waals surface area contributed by atoms with E-state index in [-0.39, 0.29) is 18.0 Å². The fraction of sp³-hybridized carbons (Fsp3) is 0.300. The first-order chi connectivity index (χ1) is 13.4. The van der Waals surface area contributed by atoms with E-state index in [0.717, 1.165) is 16.9 Å². The molecule has 0 radical (unpaired) electrons. The topological polar surface area (TPSA) is 104 Å². The monoisotopic (exact) mass is 398 g/mol. The maximum atomic E-state index is 12.6. The van der Waals surface area contributed by atoms with Gasteiger partial charge in [0.15, 0.2) is 10.9 Å². The molecule has 0 unspecified atom stereocenters. The predicted octanol–water partition coefficient (Wildman–Crippen LogP) is 2.93. The van der Waals surface area contributed by atoms with Gasteiger partial charge in [-0.3, -0.25) is 14.2 Å². The Kier molecular flexibility index (Phi) is 6.30. The average molecular weight is 398 g/mol. The van der Waals surface area contributed by atoms with Gasteiger partial charge in [0.05, 0.1) is 18.6 Å². The molecule has 2 heterocycles. The number of carbonyl (C=O) groups is 2. The number of carbonyl (C=O) groups excluding carboxylic acids is 2. The van der Waals surface area contributed by atoms with E-state index in [1.165, 1.54) is 11.8 Å². The predicted molar refractivity (Wildman–Crippen MR) is 106 cm³/mol. The molecule has 0 atom stereocenters. The number of benzene rings is 1. The SMILES string of the molecule is Cc1ccc(C(=O)CSc2nnc(CCC(N)=O)n2Cc2ccco2)c(C)c1. The summed E-state index contributed by atoms with van der Waals surface area (Å²) >= 11 is 1.32. The highest BCUT2D eigenvalue weighted by molar-refractivity contribution is 7.99. The zero-order chi connectivity index (χ0) is 20.1. The molecular weight excluding hydrogens is 376 g/mol. The lowest BCUT2D eigenvalue weighted by molar-refractivity contribution is -0.118. The van der Waals surface area contributed by atoms with Gasteiger partial charge in [0.2, 0.25) is 5.91 Å². The van der Waals surface area contributed by atoms with Crippen LogP contribution in [0.2, 0.25) is 0 Å². The van der Waals surface area contributed by atoms with Gasteiger partial charge < -0.3 is 10.2 Å². The van der Waals surface area contributed by atoms with E-state index in [4.69, 9.17) is 10.2 Å². The van der Waals surface area contributed by atoms with E-state index >= 15 is 0 Å². The summed E-state index contributed by atoms with van der Waals surface area (Å²) in [5.41, 5.74) is 8.06. The summed E-state index contributed by atoms with van der Waals surface area (Å²) in [4.78, 5) is 23.8. The second kappa shape index (κ2) is 8.88. The van der Waals surface area contributed by atoms with Gasteiger partial charge in [-0.2, -0.15) is 0 Å². The molecule has 0 aliphatic rings. The summed E-state index contributed by atoms with van der Waals surface area (Å²) in [6, 6.07) is 9.46. The van der Waals surface area contributed by atoms with Crippen molar-refractivity contribution in [2.45, 2.75) is 38.4 Å². The molecule has 0 saturated carbocycles. The van der Waals surface area contributed by atoms with Crippen LogP contribution in [0, 0.1) is 13.8 Å². The largest absolute Gasteiger partial charge is 0.467 e. The lowest BCUT2D eigenvalue weighted by Gasteiger charge is -2.09. The van der Waals surface area contributed by atoms with E-state index in [1.807, 2.05) is 42.7 Å². The number of nitrogens with zero attached hydrogens (tertiary/aromatic N) is 3. The summed E-state index contributed by atoms with van der Waals surface area (Å²) < 4.78 is 7.28. The van der Waals surface area contributed by atoms with Crippen LogP contribution in [0.15, 0.2) is 46.2 Å². The van der Waals surface area contributed by atoms with Crippen LogP contribution in [-0.4, -0.2) is 32.2 Å². The summed E-state index contributed by atoms with van der Waals surface area (Å²) in [7, 11) is 0. The Bertz CT molecular complexity index is 980. The molecule has 0 saturated heterocycles. The van der Waals surface area contributed by atoms with Crippen molar-refractivity contribution in [2.24, 2.45) is 5.73 Å². The van der Waals surface area contributed by atoms with Crippen LogP contribution >= 0.6 is 11.8 Å². The number of hydrogen-bond acceptors (Lipinski definition) is 6. The molecule has 0 aliphatic heterocycles. The van der Waals surface area contributed by atoms with Crippen molar-refractivity contribution < 1.29 is 14.0 Å². The van der Waals surface area contributed by atoms with E-state index in [9.17, 15) is 9.59 Å². The summed E-state index contributed by atoms with van der Waals surface area (Å²) in [5.74, 6) is 1.26. The van der Waals surface area contributed by atoms with Crippen molar-refractivity contribution in [2.75, 3.05) is 5.75 Å². The minimum absolute atomic E-state index is 0.0359. The molecule has 2 N–H and O–H groups in total. The van der Waals surface area contributed by atoms with Crippen molar-refractivity contribution in [3.63, 3.8) is 0 Å². The number of thioether (sulfide) groups is 1. The number of nitrogens with two attached hydrogens (primary N) is 1. The molecule has 28 heavy (non-hydrogen) atoms. The number of aryl methyl sites for hydroxylation is 3. The molecule has 8 heteroatoms. The average Bonchev–Trinajstić information content (AvgIpc) is 3.28. The number of Topliss-reactive ketones (excluding diaryl/α,β-unsaturated/α-hetero) is 1. The first kappa shape index (κ1) is 19.9. The molecule has 1 amide bonds. The molecule has 0 spiro atoms. The van der Waals surface area contributed by atoms with Crippen molar-refractivity contribution in [3.8, 4) is 0 Å². The second-order valence-electron chi connectivity index (χ2n) is 6.56. The van der Waals surface area contributed by atoms with Gasteiger partial charge in [0, 0.05) is 18.4 Å². The molecule has 2 aromatic heterocycles. The van der Waals surface area contributed by atoms with Crippen LogP contribution < -0.4 is 5.73 Å². The van der Waals surface area contributed by atoms with E-state index in [0.29, 0.717) is 29.5 Å². The zero-order valence-electron chi connectivity index (χ0n) is 15.8.